The van der Waals surface area contributed by atoms with Crippen LogP contribution in [0.4, 0.5) is 0 Å². The first-order valence-electron chi connectivity index (χ1n) is 5.20. The predicted octanol–water partition coefficient (Wildman–Crippen LogP) is 0.740. The Morgan fingerprint density at radius 1 is 1.54 bits per heavy atom. The van der Waals surface area contributed by atoms with Crippen LogP contribution in [0.2, 0.25) is 0 Å². The van der Waals surface area contributed by atoms with Gasteiger partial charge in [-0.2, -0.15) is 0 Å². The zero-order valence-corrected chi connectivity index (χ0v) is 8.81. The van der Waals surface area contributed by atoms with Gasteiger partial charge in [0, 0.05) is 26.7 Å². The van der Waals surface area contributed by atoms with Gasteiger partial charge in [0.1, 0.15) is 0 Å². The van der Waals surface area contributed by atoms with Crippen molar-refractivity contribution < 1.29 is 4.74 Å². The van der Waals surface area contributed by atoms with Crippen LogP contribution in [0.25, 0.3) is 0 Å². The Morgan fingerprint density at radius 2 is 2.23 bits per heavy atom. The molecular formula is C10H22N2O. The molecule has 1 fully saturated rings. The fraction of sp³-hybridized carbons (Fsp3) is 1.00. The van der Waals surface area contributed by atoms with Crippen molar-refractivity contribution in [2.24, 2.45) is 11.1 Å². The molecule has 0 heterocycles. The van der Waals surface area contributed by atoms with Crippen molar-refractivity contribution in [3.05, 3.63) is 0 Å². The highest BCUT2D eigenvalue weighted by Gasteiger charge is 2.39. The van der Waals surface area contributed by atoms with Gasteiger partial charge in [-0.15, -0.1) is 0 Å². The third-order valence-corrected chi connectivity index (χ3v) is 3.18. The second-order valence-electron chi connectivity index (χ2n) is 4.08. The van der Waals surface area contributed by atoms with Gasteiger partial charge in [-0.05, 0) is 24.7 Å². The van der Waals surface area contributed by atoms with E-state index in [9.17, 15) is 0 Å². The van der Waals surface area contributed by atoms with Crippen LogP contribution in [0.3, 0.4) is 0 Å². The molecule has 1 aliphatic rings. The molecule has 78 valence electrons. The fourth-order valence-electron chi connectivity index (χ4n) is 1.59. The zero-order valence-electron chi connectivity index (χ0n) is 8.81. The van der Waals surface area contributed by atoms with E-state index in [0.29, 0.717) is 12.0 Å². The Bertz CT molecular complexity index is 142. The number of hydrogen-bond acceptors (Lipinski definition) is 3. The Morgan fingerprint density at radius 3 is 2.62 bits per heavy atom. The van der Waals surface area contributed by atoms with Crippen molar-refractivity contribution in [1.29, 1.82) is 0 Å². The summed E-state index contributed by atoms with van der Waals surface area (Å²) in [7, 11) is 1.71. The van der Waals surface area contributed by atoms with Crippen LogP contribution < -0.4 is 11.1 Å². The first-order valence-corrected chi connectivity index (χ1v) is 5.20. The molecule has 1 atom stereocenters. The minimum Gasteiger partial charge on any atom is -0.379 e. The van der Waals surface area contributed by atoms with E-state index in [0.717, 1.165) is 13.1 Å². The number of methoxy groups -OCH3 is 1. The number of nitrogens with one attached hydrogen (secondary N) is 1. The highest BCUT2D eigenvalue weighted by molar-refractivity contribution is 4.93. The summed E-state index contributed by atoms with van der Waals surface area (Å²) in [5.41, 5.74) is 6.13. The lowest BCUT2D eigenvalue weighted by Crippen LogP contribution is -2.36. The number of hydrogen-bond donors (Lipinski definition) is 2. The molecule has 0 aromatic heterocycles. The molecule has 3 nitrogen and oxygen atoms in total. The summed E-state index contributed by atoms with van der Waals surface area (Å²) in [6, 6.07) is 0. The number of rotatable bonds is 7. The lowest BCUT2D eigenvalue weighted by Gasteiger charge is -2.17. The van der Waals surface area contributed by atoms with Gasteiger partial charge >= 0.3 is 0 Å². The van der Waals surface area contributed by atoms with Crippen molar-refractivity contribution >= 4 is 0 Å². The van der Waals surface area contributed by atoms with E-state index >= 15 is 0 Å². The van der Waals surface area contributed by atoms with E-state index in [1.165, 1.54) is 19.3 Å². The molecule has 13 heavy (non-hydrogen) atoms. The maximum absolute atomic E-state index is 5.52. The summed E-state index contributed by atoms with van der Waals surface area (Å²) in [5.74, 6) is 0. The Hall–Kier alpha value is -0.120. The van der Waals surface area contributed by atoms with Crippen molar-refractivity contribution in [1.82, 2.24) is 5.32 Å². The standard InChI is InChI=1S/C10H22N2O/c1-3-10(4-5-10)8-12-7-9(6-11)13-2/h9,12H,3-8,11H2,1-2H3. The second-order valence-corrected chi connectivity index (χ2v) is 4.08. The molecular weight excluding hydrogens is 164 g/mol. The summed E-state index contributed by atoms with van der Waals surface area (Å²) in [6.07, 6.45) is 4.24. The molecule has 3 N–H and O–H groups in total. The fourth-order valence-corrected chi connectivity index (χ4v) is 1.59. The third kappa shape index (κ3) is 3.25. The van der Waals surface area contributed by atoms with Crippen LogP contribution in [0.1, 0.15) is 26.2 Å². The summed E-state index contributed by atoms with van der Waals surface area (Å²) in [6.45, 7) is 4.88. The second kappa shape index (κ2) is 4.94. The Labute approximate surface area is 81.0 Å². The Kier molecular flexibility index (Phi) is 4.16. The van der Waals surface area contributed by atoms with Crippen molar-refractivity contribution in [3.8, 4) is 0 Å². The summed E-state index contributed by atoms with van der Waals surface area (Å²) in [4.78, 5) is 0. The maximum Gasteiger partial charge on any atom is 0.0817 e. The van der Waals surface area contributed by atoms with E-state index in [1.807, 2.05) is 0 Å². The van der Waals surface area contributed by atoms with Gasteiger partial charge in [-0.3, -0.25) is 0 Å². The molecule has 1 aliphatic carbocycles. The van der Waals surface area contributed by atoms with E-state index in [4.69, 9.17) is 10.5 Å². The summed E-state index contributed by atoms with van der Waals surface area (Å²) in [5, 5.41) is 3.44. The zero-order chi connectivity index (χ0) is 9.73. The lowest BCUT2D eigenvalue weighted by atomic mass is 10.0. The topological polar surface area (TPSA) is 47.3 Å². The van der Waals surface area contributed by atoms with E-state index in [1.54, 1.807) is 7.11 Å². The van der Waals surface area contributed by atoms with E-state index in [-0.39, 0.29) is 6.10 Å². The number of ether oxygens (including phenoxy) is 1. The van der Waals surface area contributed by atoms with Crippen LogP contribution in [-0.2, 0) is 4.74 Å². The van der Waals surface area contributed by atoms with Gasteiger partial charge in [0.2, 0.25) is 0 Å². The number of nitrogens with two attached hydrogens (primary N) is 1. The van der Waals surface area contributed by atoms with E-state index in [2.05, 4.69) is 12.2 Å². The molecule has 0 saturated heterocycles. The highest BCUT2D eigenvalue weighted by atomic mass is 16.5. The lowest BCUT2D eigenvalue weighted by molar-refractivity contribution is 0.107. The molecule has 0 bridgehead atoms. The molecule has 1 unspecified atom stereocenters. The van der Waals surface area contributed by atoms with Crippen LogP contribution in [0.5, 0.6) is 0 Å². The van der Waals surface area contributed by atoms with Crippen LogP contribution in [-0.4, -0.2) is 32.8 Å². The van der Waals surface area contributed by atoms with E-state index < -0.39 is 0 Å². The van der Waals surface area contributed by atoms with Crippen molar-refractivity contribution in [3.63, 3.8) is 0 Å². The van der Waals surface area contributed by atoms with Crippen molar-refractivity contribution in [2.75, 3.05) is 26.7 Å². The van der Waals surface area contributed by atoms with Crippen LogP contribution >= 0.6 is 0 Å². The SMILES string of the molecule is CCC1(CNCC(CN)OC)CC1. The van der Waals surface area contributed by atoms with Crippen molar-refractivity contribution in [2.45, 2.75) is 32.3 Å². The molecule has 0 aromatic rings. The molecule has 0 aromatic carbocycles. The molecule has 0 spiro atoms. The maximum atomic E-state index is 5.52. The first-order chi connectivity index (χ1) is 6.26. The normalized spacial score (nSPS) is 21.5. The molecule has 0 amide bonds. The van der Waals surface area contributed by atoms with Crippen LogP contribution in [0, 0.1) is 5.41 Å². The summed E-state index contributed by atoms with van der Waals surface area (Å²) >= 11 is 0. The highest BCUT2D eigenvalue weighted by Crippen LogP contribution is 2.47. The smallest absolute Gasteiger partial charge is 0.0817 e. The minimum absolute atomic E-state index is 0.174. The molecule has 0 aliphatic heterocycles. The molecule has 0 radical (unpaired) electrons. The Balaban J connectivity index is 2.06. The third-order valence-electron chi connectivity index (χ3n) is 3.18. The van der Waals surface area contributed by atoms with Gasteiger partial charge in [0.25, 0.3) is 0 Å². The average molecular weight is 186 g/mol. The predicted molar refractivity (Wildman–Crippen MR) is 54.7 cm³/mol. The average Bonchev–Trinajstić information content (AvgIpc) is 2.93. The first kappa shape index (κ1) is 11.0. The minimum atomic E-state index is 0.174. The van der Waals surface area contributed by atoms with Gasteiger partial charge in [-0.1, -0.05) is 6.92 Å². The molecule has 1 rings (SSSR count). The van der Waals surface area contributed by atoms with Crippen LogP contribution in [0.15, 0.2) is 0 Å². The monoisotopic (exact) mass is 186 g/mol. The summed E-state index contributed by atoms with van der Waals surface area (Å²) < 4.78 is 5.18. The van der Waals surface area contributed by atoms with Gasteiger partial charge < -0.3 is 15.8 Å². The van der Waals surface area contributed by atoms with Gasteiger partial charge in [0.15, 0.2) is 0 Å². The van der Waals surface area contributed by atoms with Gasteiger partial charge in [0.05, 0.1) is 6.10 Å². The van der Waals surface area contributed by atoms with Gasteiger partial charge in [-0.25, -0.2) is 0 Å². The quantitative estimate of drug-likeness (QED) is 0.616. The molecule has 1 saturated carbocycles. The molecule has 3 heteroatoms. The largest absolute Gasteiger partial charge is 0.379 e.